The van der Waals surface area contributed by atoms with Crippen molar-refractivity contribution >= 4 is 23.5 Å². The third-order valence-electron chi connectivity index (χ3n) is 3.67. The summed E-state index contributed by atoms with van der Waals surface area (Å²) in [6, 6.07) is 9.19. The van der Waals surface area contributed by atoms with E-state index in [4.69, 9.17) is 0 Å². The molecule has 0 unspecified atom stereocenters. The van der Waals surface area contributed by atoms with Crippen molar-refractivity contribution in [1.29, 1.82) is 0 Å². The van der Waals surface area contributed by atoms with Crippen molar-refractivity contribution in [3.63, 3.8) is 0 Å². The lowest BCUT2D eigenvalue weighted by atomic mass is 10.1. The number of imidazole rings is 1. The van der Waals surface area contributed by atoms with Gasteiger partial charge in [-0.1, -0.05) is 18.2 Å². The Morgan fingerprint density at radius 3 is 2.71 bits per heavy atom. The summed E-state index contributed by atoms with van der Waals surface area (Å²) < 4.78 is 2.16. The van der Waals surface area contributed by atoms with Gasteiger partial charge < -0.3 is 9.88 Å². The van der Waals surface area contributed by atoms with Crippen molar-refractivity contribution in [3.05, 3.63) is 48.0 Å². The summed E-state index contributed by atoms with van der Waals surface area (Å²) in [7, 11) is 0. The molecule has 1 aromatic heterocycles. The predicted molar refractivity (Wildman–Crippen MR) is 93.6 cm³/mol. The second-order valence-electron chi connectivity index (χ2n) is 5.20. The molecule has 0 atom stereocenters. The topological polar surface area (TPSA) is 29.9 Å². The summed E-state index contributed by atoms with van der Waals surface area (Å²) >= 11 is 4.13. The molecule has 1 aliphatic rings. The van der Waals surface area contributed by atoms with Crippen LogP contribution in [0.4, 0.5) is 0 Å². The number of thioether (sulfide) groups is 2. The Morgan fingerprint density at radius 2 is 2.00 bits per heavy atom. The van der Waals surface area contributed by atoms with E-state index in [2.05, 4.69) is 62.7 Å². The van der Waals surface area contributed by atoms with Gasteiger partial charge >= 0.3 is 0 Å². The van der Waals surface area contributed by atoms with E-state index in [9.17, 15) is 0 Å². The highest BCUT2D eigenvalue weighted by molar-refractivity contribution is 8.03. The molecule has 1 fully saturated rings. The zero-order chi connectivity index (χ0) is 14.5. The second kappa shape index (κ2) is 7.38. The third-order valence-corrected chi connectivity index (χ3v) is 6.19. The Balaban J connectivity index is 1.72. The molecule has 0 bridgehead atoms. The maximum Gasteiger partial charge on any atom is 0.110 e. The summed E-state index contributed by atoms with van der Waals surface area (Å²) in [5, 5.41) is 3.72. The zero-order valence-corrected chi connectivity index (χ0v) is 13.9. The van der Waals surface area contributed by atoms with Gasteiger partial charge in [0.25, 0.3) is 0 Å². The molecule has 21 heavy (non-hydrogen) atoms. The van der Waals surface area contributed by atoms with E-state index >= 15 is 0 Å². The van der Waals surface area contributed by atoms with E-state index < -0.39 is 0 Å². The molecule has 1 aliphatic heterocycles. The summed E-state index contributed by atoms with van der Waals surface area (Å²) in [6.07, 6.45) is 3.89. The van der Waals surface area contributed by atoms with E-state index in [0.717, 1.165) is 12.4 Å². The van der Waals surface area contributed by atoms with Crippen LogP contribution in [0.1, 0.15) is 11.4 Å². The Kier molecular flexibility index (Phi) is 5.27. The molecular weight excluding hydrogens is 298 g/mol. The number of hydrogen-bond donors (Lipinski definition) is 1. The van der Waals surface area contributed by atoms with Gasteiger partial charge in [0.2, 0.25) is 0 Å². The highest BCUT2D eigenvalue weighted by Crippen LogP contribution is 2.19. The molecule has 5 heteroatoms. The maximum absolute atomic E-state index is 4.33. The van der Waals surface area contributed by atoms with E-state index in [1.165, 1.54) is 34.3 Å². The smallest absolute Gasteiger partial charge is 0.110 e. The van der Waals surface area contributed by atoms with Crippen LogP contribution < -0.4 is 5.32 Å². The van der Waals surface area contributed by atoms with Gasteiger partial charge in [0.15, 0.2) is 0 Å². The van der Waals surface area contributed by atoms with Crippen molar-refractivity contribution in [2.75, 3.05) is 23.0 Å². The molecule has 0 radical (unpaired) electrons. The number of rotatable bonds is 4. The SMILES string of the molecule is Cc1nccn1-c1ccccc1CNC1CSCCSC1. The molecule has 1 N–H and O–H groups in total. The zero-order valence-electron chi connectivity index (χ0n) is 12.3. The molecule has 0 saturated carbocycles. The van der Waals surface area contributed by atoms with Crippen molar-refractivity contribution in [2.45, 2.75) is 19.5 Å². The normalized spacial score (nSPS) is 16.8. The van der Waals surface area contributed by atoms with Gasteiger partial charge in [-0.25, -0.2) is 4.98 Å². The van der Waals surface area contributed by atoms with Crippen LogP contribution in [-0.2, 0) is 6.54 Å². The lowest BCUT2D eigenvalue weighted by Crippen LogP contribution is -2.33. The van der Waals surface area contributed by atoms with Gasteiger partial charge in [-0.05, 0) is 18.6 Å². The third kappa shape index (κ3) is 3.84. The first kappa shape index (κ1) is 15.0. The maximum atomic E-state index is 4.33. The molecule has 112 valence electrons. The lowest BCUT2D eigenvalue weighted by molar-refractivity contribution is 0.602. The number of aryl methyl sites for hydroxylation is 1. The van der Waals surface area contributed by atoms with Crippen LogP contribution in [0.3, 0.4) is 0 Å². The van der Waals surface area contributed by atoms with Crippen LogP contribution in [-0.4, -0.2) is 38.6 Å². The quantitative estimate of drug-likeness (QED) is 0.938. The average molecular weight is 319 g/mol. The van der Waals surface area contributed by atoms with Crippen LogP contribution >= 0.6 is 23.5 Å². The molecule has 2 heterocycles. The van der Waals surface area contributed by atoms with E-state index in [1.54, 1.807) is 0 Å². The lowest BCUT2D eigenvalue weighted by Gasteiger charge is -2.18. The first-order valence-corrected chi connectivity index (χ1v) is 9.62. The Bertz CT molecular complexity index is 574. The fourth-order valence-corrected chi connectivity index (χ4v) is 4.98. The second-order valence-corrected chi connectivity index (χ2v) is 7.50. The largest absolute Gasteiger partial charge is 0.308 e. The molecular formula is C16H21N3S2. The Morgan fingerprint density at radius 1 is 1.24 bits per heavy atom. The van der Waals surface area contributed by atoms with Crippen LogP contribution in [0.15, 0.2) is 36.7 Å². The van der Waals surface area contributed by atoms with Gasteiger partial charge in [0.1, 0.15) is 5.82 Å². The van der Waals surface area contributed by atoms with E-state index in [-0.39, 0.29) is 0 Å². The number of nitrogens with one attached hydrogen (secondary N) is 1. The molecule has 3 nitrogen and oxygen atoms in total. The van der Waals surface area contributed by atoms with Crippen LogP contribution in [0, 0.1) is 6.92 Å². The Hall–Kier alpha value is -0.910. The fraction of sp³-hybridized carbons (Fsp3) is 0.438. The number of nitrogens with zero attached hydrogens (tertiary/aromatic N) is 2. The summed E-state index contributed by atoms with van der Waals surface area (Å²) in [6.45, 7) is 2.96. The van der Waals surface area contributed by atoms with Crippen molar-refractivity contribution in [2.24, 2.45) is 0 Å². The van der Waals surface area contributed by atoms with Gasteiger partial charge in [-0.15, -0.1) is 0 Å². The molecule has 1 aromatic carbocycles. The standard InChI is InChI=1S/C16H21N3S2/c1-13-17-6-7-19(13)16-5-3-2-4-14(16)10-18-15-11-20-8-9-21-12-15/h2-7,15,18H,8-12H2,1H3. The first-order chi connectivity index (χ1) is 10.3. The minimum Gasteiger partial charge on any atom is -0.308 e. The molecule has 0 spiro atoms. The molecule has 2 aromatic rings. The van der Waals surface area contributed by atoms with Crippen molar-refractivity contribution in [1.82, 2.24) is 14.9 Å². The minimum absolute atomic E-state index is 0.611. The molecule has 0 aliphatic carbocycles. The van der Waals surface area contributed by atoms with E-state index in [1.807, 2.05) is 19.3 Å². The molecule has 3 rings (SSSR count). The Labute approximate surface area is 134 Å². The van der Waals surface area contributed by atoms with Gasteiger partial charge in [0, 0.05) is 48.0 Å². The van der Waals surface area contributed by atoms with Gasteiger partial charge in [-0.2, -0.15) is 23.5 Å². The number of aromatic nitrogens is 2. The fourth-order valence-electron chi connectivity index (χ4n) is 2.52. The van der Waals surface area contributed by atoms with Gasteiger partial charge in [-0.3, -0.25) is 0 Å². The summed E-state index contributed by atoms with van der Waals surface area (Å²) in [4.78, 5) is 4.33. The number of hydrogen-bond acceptors (Lipinski definition) is 4. The first-order valence-electron chi connectivity index (χ1n) is 7.31. The summed E-state index contributed by atoms with van der Waals surface area (Å²) in [5.74, 6) is 6.04. The van der Waals surface area contributed by atoms with Crippen molar-refractivity contribution in [3.8, 4) is 5.69 Å². The summed E-state index contributed by atoms with van der Waals surface area (Å²) in [5.41, 5.74) is 2.56. The molecule has 1 saturated heterocycles. The minimum atomic E-state index is 0.611. The van der Waals surface area contributed by atoms with Crippen LogP contribution in [0.25, 0.3) is 5.69 Å². The monoisotopic (exact) mass is 319 g/mol. The van der Waals surface area contributed by atoms with Crippen molar-refractivity contribution < 1.29 is 0 Å². The molecule has 0 amide bonds. The van der Waals surface area contributed by atoms with Gasteiger partial charge in [0.05, 0.1) is 5.69 Å². The number of benzene rings is 1. The van der Waals surface area contributed by atoms with Crippen LogP contribution in [0.5, 0.6) is 0 Å². The number of para-hydroxylation sites is 1. The highest BCUT2D eigenvalue weighted by Gasteiger charge is 2.13. The van der Waals surface area contributed by atoms with Crippen LogP contribution in [0.2, 0.25) is 0 Å². The highest BCUT2D eigenvalue weighted by atomic mass is 32.2. The van der Waals surface area contributed by atoms with E-state index in [0.29, 0.717) is 6.04 Å². The average Bonchev–Trinajstić information content (AvgIpc) is 2.77. The predicted octanol–water partition coefficient (Wildman–Crippen LogP) is 3.12.